The number of rotatable bonds is 1. The number of nitrogens with zero attached hydrogens (tertiary/aromatic N) is 1. The molecule has 0 amide bonds. The highest BCUT2D eigenvalue weighted by molar-refractivity contribution is 5.33. The van der Waals surface area contributed by atoms with Gasteiger partial charge in [-0.25, -0.2) is 0 Å². The van der Waals surface area contributed by atoms with Gasteiger partial charge in [-0.15, -0.1) is 6.04 Å². The van der Waals surface area contributed by atoms with E-state index in [1.54, 1.807) is 0 Å². The van der Waals surface area contributed by atoms with E-state index in [1.807, 2.05) is 7.05 Å². The molecule has 1 atom stereocenters. The Morgan fingerprint density at radius 3 is 2.92 bits per heavy atom. The Balaban J connectivity index is 2.35. The number of benzene rings is 1. The maximum Gasteiger partial charge on any atom is -0.0277 e. The molecular weight excluding hydrogens is 158 g/mol. The van der Waals surface area contributed by atoms with Crippen LogP contribution in [0.5, 0.6) is 0 Å². The van der Waals surface area contributed by atoms with Crippen molar-refractivity contribution < 1.29 is 0 Å². The van der Waals surface area contributed by atoms with Gasteiger partial charge >= 0.3 is 0 Å². The third-order valence-electron chi connectivity index (χ3n) is 2.90. The molecule has 2 rings (SSSR count). The molecule has 0 aliphatic heterocycles. The molecule has 1 aromatic carbocycles. The second-order valence-electron chi connectivity index (χ2n) is 3.72. The summed E-state index contributed by atoms with van der Waals surface area (Å²) >= 11 is 0. The van der Waals surface area contributed by atoms with Gasteiger partial charge in [-0.05, 0) is 18.4 Å². The van der Waals surface area contributed by atoms with Crippen molar-refractivity contribution in [3.8, 4) is 0 Å². The fourth-order valence-corrected chi connectivity index (χ4v) is 2.16. The fourth-order valence-electron chi connectivity index (χ4n) is 2.16. The first-order valence-electron chi connectivity index (χ1n) is 5.08. The molecule has 1 aromatic rings. The number of hydrogen-bond acceptors (Lipinski definition) is 0. The van der Waals surface area contributed by atoms with Crippen LogP contribution in [0.15, 0.2) is 24.3 Å². The summed E-state index contributed by atoms with van der Waals surface area (Å²) in [6.45, 7) is 0. The van der Waals surface area contributed by atoms with Gasteiger partial charge in [-0.2, -0.15) is 7.05 Å². The van der Waals surface area contributed by atoms with E-state index in [4.69, 9.17) is 0 Å². The molecule has 0 saturated heterocycles. The fraction of sp³-hybridized carbons (Fsp3) is 0.500. The lowest BCUT2D eigenvalue weighted by Crippen LogP contribution is -1.97. The second kappa shape index (κ2) is 3.93. The summed E-state index contributed by atoms with van der Waals surface area (Å²) in [5.74, 6) is 0. The number of aryl methyl sites for hydroxylation is 1. The van der Waals surface area contributed by atoms with Crippen molar-refractivity contribution in [1.29, 1.82) is 0 Å². The molecule has 0 fully saturated rings. The topological polar surface area (TPSA) is 14.1 Å². The van der Waals surface area contributed by atoms with E-state index in [1.165, 1.54) is 36.8 Å². The van der Waals surface area contributed by atoms with Gasteiger partial charge in [0.1, 0.15) is 0 Å². The molecule has 0 N–H and O–H groups in total. The molecular formula is C12H16N-. The molecule has 1 heteroatoms. The van der Waals surface area contributed by atoms with Gasteiger partial charge < -0.3 is 5.32 Å². The van der Waals surface area contributed by atoms with Crippen molar-refractivity contribution in [3.63, 3.8) is 0 Å². The van der Waals surface area contributed by atoms with Crippen LogP contribution in [-0.2, 0) is 6.42 Å². The highest BCUT2D eigenvalue weighted by Gasteiger charge is 2.10. The molecule has 1 aliphatic rings. The summed E-state index contributed by atoms with van der Waals surface area (Å²) in [6, 6.07) is 9.20. The van der Waals surface area contributed by atoms with Crippen molar-refractivity contribution in [2.24, 2.45) is 0 Å². The van der Waals surface area contributed by atoms with E-state index < -0.39 is 0 Å². The standard InChI is InChI=1S/C12H16N/c1-13-12-9-5-3-7-10-6-2-4-8-11(10)12/h2,4,6,8,12H,3,5,7,9H2,1H3/q-1. The van der Waals surface area contributed by atoms with Crippen LogP contribution in [-0.4, -0.2) is 7.05 Å². The zero-order chi connectivity index (χ0) is 9.10. The summed E-state index contributed by atoms with van der Waals surface area (Å²) in [7, 11) is 1.94. The highest BCUT2D eigenvalue weighted by Crippen LogP contribution is 2.32. The molecule has 1 unspecified atom stereocenters. The van der Waals surface area contributed by atoms with Gasteiger partial charge in [0.15, 0.2) is 0 Å². The Morgan fingerprint density at radius 1 is 1.23 bits per heavy atom. The lowest BCUT2D eigenvalue weighted by atomic mass is 9.99. The smallest absolute Gasteiger partial charge is 0.0277 e. The molecule has 0 saturated carbocycles. The number of fused-ring (bicyclic) bond motifs is 1. The monoisotopic (exact) mass is 174 g/mol. The molecule has 0 spiro atoms. The Hall–Kier alpha value is -0.820. The van der Waals surface area contributed by atoms with E-state index in [0.29, 0.717) is 6.04 Å². The second-order valence-corrected chi connectivity index (χ2v) is 3.72. The van der Waals surface area contributed by atoms with Crippen LogP contribution >= 0.6 is 0 Å². The lowest BCUT2D eigenvalue weighted by molar-refractivity contribution is 0.655. The first-order valence-corrected chi connectivity index (χ1v) is 5.08. The Bertz CT molecular complexity index is 280. The normalized spacial score (nSPS) is 22.1. The van der Waals surface area contributed by atoms with Gasteiger partial charge in [-0.1, -0.05) is 42.7 Å². The summed E-state index contributed by atoms with van der Waals surface area (Å²) in [4.78, 5) is 0. The van der Waals surface area contributed by atoms with Gasteiger partial charge in [0.25, 0.3) is 0 Å². The van der Waals surface area contributed by atoms with Gasteiger partial charge in [0, 0.05) is 0 Å². The third-order valence-corrected chi connectivity index (χ3v) is 2.90. The maximum atomic E-state index is 4.45. The third kappa shape index (κ3) is 1.75. The minimum absolute atomic E-state index is 0.457. The zero-order valence-corrected chi connectivity index (χ0v) is 8.16. The van der Waals surface area contributed by atoms with E-state index in [-0.39, 0.29) is 0 Å². The van der Waals surface area contributed by atoms with E-state index in [9.17, 15) is 0 Å². The predicted molar refractivity (Wildman–Crippen MR) is 56.0 cm³/mol. The summed E-state index contributed by atoms with van der Waals surface area (Å²) in [6.07, 6.45) is 5.11. The predicted octanol–water partition coefficient (Wildman–Crippen LogP) is 3.46. The van der Waals surface area contributed by atoms with Gasteiger partial charge in [-0.3, -0.25) is 0 Å². The van der Waals surface area contributed by atoms with E-state index >= 15 is 0 Å². The maximum absolute atomic E-state index is 4.45. The Labute approximate surface area is 80.2 Å². The van der Waals surface area contributed by atoms with Crippen LogP contribution in [0.4, 0.5) is 0 Å². The van der Waals surface area contributed by atoms with Gasteiger partial charge in [0.05, 0.1) is 0 Å². The molecule has 0 radical (unpaired) electrons. The summed E-state index contributed by atoms with van der Waals surface area (Å²) in [5, 5.41) is 4.45. The van der Waals surface area contributed by atoms with Crippen LogP contribution in [0.25, 0.3) is 5.32 Å². The van der Waals surface area contributed by atoms with Crippen LogP contribution in [0, 0.1) is 0 Å². The van der Waals surface area contributed by atoms with Crippen molar-refractivity contribution in [2.75, 3.05) is 7.05 Å². The molecule has 1 aliphatic carbocycles. The first-order chi connectivity index (χ1) is 6.42. The summed E-state index contributed by atoms with van der Waals surface area (Å²) < 4.78 is 0. The van der Waals surface area contributed by atoms with Crippen molar-refractivity contribution >= 4 is 0 Å². The van der Waals surface area contributed by atoms with Crippen molar-refractivity contribution in [2.45, 2.75) is 31.7 Å². The molecule has 13 heavy (non-hydrogen) atoms. The molecule has 0 aromatic heterocycles. The molecule has 70 valence electrons. The van der Waals surface area contributed by atoms with Crippen molar-refractivity contribution in [3.05, 3.63) is 40.7 Å². The summed E-state index contributed by atoms with van der Waals surface area (Å²) in [5.41, 5.74) is 2.97. The lowest BCUT2D eigenvalue weighted by Gasteiger charge is -2.28. The van der Waals surface area contributed by atoms with E-state index in [0.717, 1.165) is 0 Å². The van der Waals surface area contributed by atoms with E-state index in [2.05, 4.69) is 29.6 Å². The SMILES string of the molecule is C[N-]C1CCCCc2ccccc21. The number of hydrogen-bond donors (Lipinski definition) is 0. The van der Waals surface area contributed by atoms with Crippen LogP contribution < -0.4 is 0 Å². The molecule has 1 nitrogen and oxygen atoms in total. The average Bonchev–Trinajstić information content (AvgIpc) is 2.39. The average molecular weight is 174 g/mol. The quantitative estimate of drug-likeness (QED) is 0.579. The van der Waals surface area contributed by atoms with Crippen LogP contribution in [0.2, 0.25) is 0 Å². The Morgan fingerprint density at radius 2 is 2.08 bits per heavy atom. The Kier molecular flexibility index (Phi) is 2.65. The minimum atomic E-state index is 0.457. The van der Waals surface area contributed by atoms with Gasteiger partial charge in [0.2, 0.25) is 0 Å². The molecule has 0 heterocycles. The minimum Gasteiger partial charge on any atom is -0.658 e. The molecule has 0 bridgehead atoms. The van der Waals surface area contributed by atoms with Crippen LogP contribution in [0.3, 0.4) is 0 Å². The first kappa shape index (κ1) is 8.76. The van der Waals surface area contributed by atoms with Crippen molar-refractivity contribution in [1.82, 2.24) is 0 Å². The zero-order valence-electron chi connectivity index (χ0n) is 8.16. The van der Waals surface area contributed by atoms with Crippen LogP contribution in [0.1, 0.15) is 36.4 Å². The largest absolute Gasteiger partial charge is 0.658 e. The highest BCUT2D eigenvalue weighted by atomic mass is 14.9.